The van der Waals surface area contributed by atoms with E-state index in [-0.39, 0.29) is 17.5 Å². The Morgan fingerprint density at radius 1 is 1.23 bits per heavy atom. The molecule has 0 bridgehead atoms. The summed E-state index contributed by atoms with van der Waals surface area (Å²) < 4.78 is 10.6. The van der Waals surface area contributed by atoms with Crippen LogP contribution in [0.15, 0.2) is 21.5 Å². The summed E-state index contributed by atoms with van der Waals surface area (Å²) in [5, 5.41) is 12.2. The van der Waals surface area contributed by atoms with Crippen molar-refractivity contribution < 1.29 is 19.1 Å². The van der Waals surface area contributed by atoms with Gasteiger partial charge in [0, 0.05) is 28.2 Å². The molecule has 2 aliphatic carbocycles. The fraction of sp³-hybridized carbons (Fsp3) is 0.524. The number of benzene rings is 1. The van der Waals surface area contributed by atoms with Crippen LogP contribution >= 0.6 is 0 Å². The lowest BCUT2D eigenvalue weighted by Gasteiger charge is -2.53. The highest BCUT2D eigenvalue weighted by Crippen LogP contribution is 2.60. The number of fused-ring (bicyclic) bond motifs is 5. The van der Waals surface area contributed by atoms with E-state index in [1.165, 1.54) is 13.4 Å². The normalized spacial score (nSPS) is 27.1. The Labute approximate surface area is 152 Å². The lowest BCUT2D eigenvalue weighted by molar-refractivity contribution is -0.137. The SMILES string of the molecule is COc1c(O)c2c(c3c(=O)occc13)CCC1C(C)(C)C(=O)CCC21C. The maximum atomic E-state index is 12.5. The molecule has 2 aromatic rings. The smallest absolute Gasteiger partial charge is 0.343 e. The maximum absolute atomic E-state index is 12.5. The number of aromatic hydroxyl groups is 1. The molecule has 5 heteroatoms. The van der Waals surface area contributed by atoms with Crippen molar-refractivity contribution in [1.82, 2.24) is 0 Å². The second kappa shape index (κ2) is 5.35. The Kier molecular flexibility index (Phi) is 3.52. The number of ketones is 1. The third-order valence-electron chi connectivity index (χ3n) is 6.87. The highest BCUT2D eigenvalue weighted by molar-refractivity contribution is 5.95. The molecule has 1 fully saturated rings. The van der Waals surface area contributed by atoms with Gasteiger partial charge in [0.2, 0.25) is 0 Å². The summed E-state index contributed by atoms with van der Waals surface area (Å²) >= 11 is 0. The standard InChI is InChI=1S/C21H24O5/c1-20(2)13-6-5-11-15-12(8-10-26-19(15)24)18(25-4)17(23)16(11)21(13,3)9-7-14(20)22/h8,10,13,23H,5-7,9H2,1-4H3. The molecule has 26 heavy (non-hydrogen) atoms. The minimum atomic E-state index is -0.458. The van der Waals surface area contributed by atoms with E-state index in [1.54, 1.807) is 6.07 Å². The van der Waals surface area contributed by atoms with E-state index in [0.717, 1.165) is 17.5 Å². The topological polar surface area (TPSA) is 76.7 Å². The van der Waals surface area contributed by atoms with Gasteiger partial charge >= 0.3 is 5.63 Å². The van der Waals surface area contributed by atoms with Gasteiger partial charge in [0.15, 0.2) is 11.5 Å². The number of carbonyl (C=O) groups is 1. The first kappa shape index (κ1) is 17.1. The number of phenolic OH excluding ortho intramolecular Hbond substituents is 1. The van der Waals surface area contributed by atoms with Crippen molar-refractivity contribution >= 4 is 16.6 Å². The first-order valence-corrected chi connectivity index (χ1v) is 9.10. The van der Waals surface area contributed by atoms with Crippen molar-refractivity contribution in [1.29, 1.82) is 0 Å². The first-order valence-electron chi connectivity index (χ1n) is 9.10. The minimum Gasteiger partial charge on any atom is -0.504 e. The van der Waals surface area contributed by atoms with E-state index in [4.69, 9.17) is 9.15 Å². The Bertz CT molecular complexity index is 984. The summed E-state index contributed by atoms with van der Waals surface area (Å²) in [4.78, 5) is 25.1. The average molecular weight is 356 g/mol. The predicted molar refractivity (Wildman–Crippen MR) is 97.9 cm³/mol. The van der Waals surface area contributed by atoms with Crippen LogP contribution < -0.4 is 10.4 Å². The zero-order valence-corrected chi connectivity index (χ0v) is 15.6. The summed E-state index contributed by atoms with van der Waals surface area (Å²) in [5.41, 5.74) is 0.346. The van der Waals surface area contributed by atoms with Crippen molar-refractivity contribution in [2.75, 3.05) is 7.11 Å². The monoisotopic (exact) mass is 356 g/mol. The number of hydrogen-bond donors (Lipinski definition) is 1. The number of methoxy groups -OCH3 is 1. The molecular weight excluding hydrogens is 332 g/mol. The van der Waals surface area contributed by atoms with E-state index in [0.29, 0.717) is 35.8 Å². The summed E-state index contributed by atoms with van der Waals surface area (Å²) in [6, 6.07) is 1.67. The van der Waals surface area contributed by atoms with Gasteiger partial charge in [0.05, 0.1) is 18.8 Å². The first-order chi connectivity index (χ1) is 12.2. The molecule has 0 aliphatic heterocycles. The van der Waals surface area contributed by atoms with Crippen molar-refractivity contribution in [2.45, 2.75) is 51.9 Å². The van der Waals surface area contributed by atoms with E-state index < -0.39 is 16.5 Å². The fourth-order valence-corrected chi connectivity index (χ4v) is 5.60. The Hall–Kier alpha value is -2.30. The summed E-state index contributed by atoms with van der Waals surface area (Å²) in [6.07, 6.45) is 3.90. The Morgan fingerprint density at radius 2 is 1.96 bits per heavy atom. The lowest BCUT2D eigenvalue weighted by atomic mass is 9.49. The van der Waals surface area contributed by atoms with Gasteiger partial charge in [-0.2, -0.15) is 0 Å². The van der Waals surface area contributed by atoms with Gasteiger partial charge in [-0.15, -0.1) is 0 Å². The molecule has 4 rings (SSSR count). The molecule has 2 atom stereocenters. The molecule has 0 spiro atoms. The molecule has 1 heterocycles. The third-order valence-corrected chi connectivity index (χ3v) is 6.87. The van der Waals surface area contributed by atoms with Crippen molar-refractivity contribution in [3.63, 3.8) is 0 Å². The van der Waals surface area contributed by atoms with Crippen LogP contribution in [0.25, 0.3) is 10.8 Å². The largest absolute Gasteiger partial charge is 0.504 e. The Morgan fingerprint density at radius 3 is 2.65 bits per heavy atom. The van der Waals surface area contributed by atoms with Crippen molar-refractivity contribution in [2.24, 2.45) is 11.3 Å². The number of aryl methyl sites for hydroxylation is 1. The fourth-order valence-electron chi connectivity index (χ4n) is 5.60. The molecule has 1 aromatic carbocycles. The van der Waals surface area contributed by atoms with Crippen LogP contribution in [-0.4, -0.2) is 18.0 Å². The van der Waals surface area contributed by atoms with Gasteiger partial charge < -0.3 is 14.3 Å². The van der Waals surface area contributed by atoms with Gasteiger partial charge in [-0.3, -0.25) is 4.79 Å². The van der Waals surface area contributed by atoms with Gasteiger partial charge in [-0.1, -0.05) is 20.8 Å². The van der Waals surface area contributed by atoms with Gasteiger partial charge in [0.1, 0.15) is 5.78 Å². The van der Waals surface area contributed by atoms with E-state index in [1.807, 2.05) is 13.8 Å². The van der Waals surface area contributed by atoms with Crippen LogP contribution in [0.3, 0.4) is 0 Å². The molecule has 0 saturated heterocycles. The molecule has 1 aromatic heterocycles. The zero-order valence-electron chi connectivity index (χ0n) is 15.6. The maximum Gasteiger partial charge on any atom is 0.343 e. The van der Waals surface area contributed by atoms with Crippen molar-refractivity contribution in [3.05, 3.63) is 33.9 Å². The summed E-state index contributed by atoms with van der Waals surface area (Å²) in [5.74, 6) is 0.781. The predicted octanol–water partition coefficient (Wildman–Crippen LogP) is 3.72. The number of carbonyl (C=O) groups excluding carboxylic acids is 1. The van der Waals surface area contributed by atoms with Crippen LogP contribution in [0.5, 0.6) is 11.5 Å². The number of phenols is 1. The lowest BCUT2D eigenvalue weighted by Crippen LogP contribution is -2.52. The average Bonchev–Trinajstić information content (AvgIpc) is 2.58. The molecular formula is C21H24O5. The Balaban J connectivity index is 2.10. The molecule has 2 unspecified atom stereocenters. The quantitative estimate of drug-likeness (QED) is 0.843. The molecule has 5 nitrogen and oxygen atoms in total. The molecule has 138 valence electrons. The van der Waals surface area contributed by atoms with Gasteiger partial charge in [-0.25, -0.2) is 4.79 Å². The van der Waals surface area contributed by atoms with Crippen LogP contribution in [-0.2, 0) is 16.6 Å². The number of rotatable bonds is 1. The highest BCUT2D eigenvalue weighted by atomic mass is 16.5. The molecule has 0 radical (unpaired) electrons. The highest BCUT2D eigenvalue weighted by Gasteiger charge is 2.55. The minimum absolute atomic E-state index is 0.0953. The second-order valence-electron chi connectivity index (χ2n) is 8.39. The second-order valence-corrected chi connectivity index (χ2v) is 8.39. The third kappa shape index (κ3) is 1.97. The van der Waals surface area contributed by atoms with E-state index in [2.05, 4.69) is 6.92 Å². The van der Waals surface area contributed by atoms with Crippen molar-refractivity contribution in [3.8, 4) is 11.5 Å². The van der Waals surface area contributed by atoms with Crippen LogP contribution in [0, 0.1) is 11.3 Å². The van der Waals surface area contributed by atoms with E-state index >= 15 is 0 Å². The molecule has 2 aliphatic rings. The van der Waals surface area contributed by atoms with Gasteiger partial charge in [-0.05, 0) is 36.8 Å². The molecule has 0 amide bonds. The van der Waals surface area contributed by atoms with Gasteiger partial charge in [0.25, 0.3) is 0 Å². The molecule has 1 saturated carbocycles. The van der Waals surface area contributed by atoms with Crippen LogP contribution in [0.4, 0.5) is 0 Å². The summed E-state index contributed by atoms with van der Waals surface area (Å²) in [7, 11) is 1.49. The van der Waals surface area contributed by atoms with E-state index in [9.17, 15) is 14.7 Å². The van der Waals surface area contributed by atoms with Crippen LogP contribution in [0.2, 0.25) is 0 Å². The summed E-state index contributed by atoms with van der Waals surface area (Å²) in [6.45, 7) is 6.12. The molecule has 1 N–H and O–H groups in total. The number of ether oxygens (including phenoxy) is 1. The van der Waals surface area contributed by atoms with Crippen LogP contribution in [0.1, 0.15) is 51.2 Å². The number of hydrogen-bond acceptors (Lipinski definition) is 5. The zero-order chi connectivity index (χ0) is 18.9. The number of Topliss-reactive ketones (excluding diaryl/α,β-unsaturated/α-hetero) is 1.